The fourth-order valence-corrected chi connectivity index (χ4v) is 2.46. The number of benzene rings is 2. The molecule has 2 aromatic carbocycles. The molecule has 0 atom stereocenters. The zero-order valence-corrected chi connectivity index (χ0v) is 14.1. The summed E-state index contributed by atoms with van der Waals surface area (Å²) in [6.45, 7) is 4.19. The van der Waals surface area contributed by atoms with E-state index in [9.17, 15) is 9.90 Å². The Morgan fingerprint density at radius 3 is 2.35 bits per heavy atom. The van der Waals surface area contributed by atoms with Gasteiger partial charge in [-0.25, -0.2) is 0 Å². The van der Waals surface area contributed by atoms with Gasteiger partial charge in [0, 0.05) is 19.2 Å². The summed E-state index contributed by atoms with van der Waals surface area (Å²) in [5.74, 6) is 0.0129. The molecule has 0 spiro atoms. The molecule has 0 aliphatic carbocycles. The Kier molecular flexibility index (Phi) is 5.56. The summed E-state index contributed by atoms with van der Waals surface area (Å²) < 4.78 is 0. The summed E-state index contributed by atoms with van der Waals surface area (Å²) in [4.78, 5) is 14.3. The van der Waals surface area contributed by atoms with E-state index in [2.05, 4.69) is 0 Å². The van der Waals surface area contributed by atoms with Crippen molar-refractivity contribution in [2.45, 2.75) is 38.8 Å². The van der Waals surface area contributed by atoms with Crippen molar-refractivity contribution in [1.29, 1.82) is 0 Å². The van der Waals surface area contributed by atoms with E-state index < -0.39 is 5.60 Å². The smallest absolute Gasteiger partial charge is 0.253 e. The molecule has 2 rings (SSSR count). The minimum Gasteiger partial charge on any atom is -0.390 e. The van der Waals surface area contributed by atoms with Crippen LogP contribution in [0.1, 0.15) is 41.8 Å². The first-order valence-corrected chi connectivity index (χ1v) is 7.96. The summed E-state index contributed by atoms with van der Waals surface area (Å²) in [6.07, 6.45) is 1.43. The highest BCUT2D eigenvalue weighted by Crippen LogP contribution is 2.15. The van der Waals surface area contributed by atoms with Crippen LogP contribution < -0.4 is 0 Å². The number of aliphatic hydroxyl groups is 1. The molecule has 0 saturated carbocycles. The molecule has 0 unspecified atom stereocenters. The molecular weight excluding hydrogens is 286 g/mol. The summed E-state index contributed by atoms with van der Waals surface area (Å²) >= 11 is 0. The second-order valence-corrected chi connectivity index (χ2v) is 6.66. The van der Waals surface area contributed by atoms with E-state index in [1.165, 1.54) is 0 Å². The number of rotatable bonds is 6. The average Bonchev–Trinajstić information content (AvgIpc) is 2.53. The largest absolute Gasteiger partial charge is 0.390 e. The van der Waals surface area contributed by atoms with Crippen molar-refractivity contribution in [3.05, 3.63) is 71.3 Å². The summed E-state index contributed by atoms with van der Waals surface area (Å²) in [5, 5.41) is 9.83. The molecule has 2 aromatic rings. The summed E-state index contributed by atoms with van der Waals surface area (Å²) in [5.41, 5.74) is 2.19. The van der Waals surface area contributed by atoms with Crippen LogP contribution in [0.4, 0.5) is 0 Å². The topological polar surface area (TPSA) is 40.5 Å². The molecule has 1 N–H and O–H groups in total. The molecule has 3 nitrogen and oxygen atoms in total. The van der Waals surface area contributed by atoms with Crippen LogP contribution in [0.2, 0.25) is 0 Å². The number of amides is 1. The second-order valence-electron chi connectivity index (χ2n) is 6.66. The van der Waals surface area contributed by atoms with E-state index in [0.717, 1.165) is 17.5 Å². The van der Waals surface area contributed by atoms with Crippen molar-refractivity contribution >= 4 is 5.91 Å². The Bertz CT molecular complexity index is 644. The molecule has 1 amide bonds. The average molecular weight is 311 g/mol. The van der Waals surface area contributed by atoms with Crippen LogP contribution in [0.25, 0.3) is 0 Å². The lowest BCUT2D eigenvalue weighted by molar-refractivity contribution is 0.0714. The van der Waals surface area contributed by atoms with Gasteiger partial charge in [-0.05, 0) is 49.9 Å². The van der Waals surface area contributed by atoms with Gasteiger partial charge in [-0.1, -0.05) is 42.5 Å². The number of hydrogen-bond donors (Lipinski definition) is 1. The van der Waals surface area contributed by atoms with Gasteiger partial charge in [0.25, 0.3) is 5.91 Å². The summed E-state index contributed by atoms with van der Waals surface area (Å²) in [7, 11) is 1.82. The van der Waals surface area contributed by atoms with Crippen LogP contribution in [0.15, 0.2) is 54.6 Å². The highest BCUT2D eigenvalue weighted by Gasteiger charge is 2.15. The van der Waals surface area contributed by atoms with Gasteiger partial charge < -0.3 is 10.0 Å². The minimum atomic E-state index is -0.690. The number of hydrogen-bond acceptors (Lipinski definition) is 2. The third-order valence-corrected chi connectivity index (χ3v) is 3.81. The Labute approximate surface area is 138 Å². The van der Waals surface area contributed by atoms with Crippen molar-refractivity contribution in [3.8, 4) is 0 Å². The fraction of sp³-hybridized carbons (Fsp3) is 0.350. The minimum absolute atomic E-state index is 0.0129. The van der Waals surface area contributed by atoms with E-state index in [1.807, 2.05) is 61.6 Å². The molecule has 0 bridgehead atoms. The van der Waals surface area contributed by atoms with Crippen LogP contribution in [0.3, 0.4) is 0 Å². The Morgan fingerprint density at radius 1 is 1.04 bits per heavy atom. The predicted octanol–water partition coefficient (Wildman–Crippen LogP) is 3.66. The zero-order chi connectivity index (χ0) is 16.9. The summed E-state index contributed by atoms with van der Waals surface area (Å²) in [6, 6.07) is 17.6. The third kappa shape index (κ3) is 5.53. The third-order valence-electron chi connectivity index (χ3n) is 3.81. The molecule has 0 heterocycles. The maximum absolute atomic E-state index is 12.6. The maximum Gasteiger partial charge on any atom is 0.253 e. The van der Waals surface area contributed by atoms with Gasteiger partial charge in [0.1, 0.15) is 0 Å². The van der Waals surface area contributed by atoms with E-state index in [-0.39, 0.29) is 5.91 Å². The lowest BCUT2D eigenvalue weighted by Gasteiger charge is -2.19. The lowest BCUT2D eigenvalue weighted by atomic mass is 9.98. The second kappa shape index (κ2) is 7.42. The van der Waals surface area contributed by atoms with Gasteiger partial charge in [-0.2, -0.15) is 0 Å². The molecule has 0 fully saturated rings. The molecule has 0 aromatic heterocycles. The molecule has 0 saturated heterocycles. The van der Waals surface area contributed by atoms with Crippen molar-refractivity contribution in [2.24, 2.45) is 0 Å². The number of nitrogens with zero attached hydrogens (tertiary/aromatic N) is 1. The molecule has 0 radical (unpaired) electrons. The first kappa shape index (κ1) is 17.2. The van der Waals surface area contributed by atoms with Crippen LogP contribution in [-0.2, 0) is 13.0 Å². The van der Waals surface area contributed by atoms with Crippen molar-refractivity contribution in [1.82, 2.24) is 4.90 Å². The SMILES string of the molecule is CN(Cc1ccccc1)C(=O)c1cccc(CCC(C)(C)O)c1. The van der Waals surface area contributed by atoms with Crippen molar-refractivity contribution < 1.29 is 9.90 Å². The zero-order valence-electron chi connectivity index (χ0n) is 14.1. The molecule has 23 heavy (non-hydrogen) atoms. The van der Waals surface area contributed by atoms with Crippen molar-refractivity contribution in [3.63, 3.8) is 0 Å². The van der Waals surface area contributed by atoms with Gasteiger partial charge >= 0.3 is 0 Å². The lowest BCUT2D eigenvalue weighted by Crippen LogP contribution is -2.26. The Balaban J connectivity index is 2.04. The van der Waals surface area contributed by atoms with Crippen LogP contribution >= 0.6 is 0 Å². The highest BCUT2D eigenvalue weighted by atomic mass is 16.3. The predicted molar refractivity (Wildman–Crippen MR) is 93.3 cm³/mol. The van der Waals surface area contributed by atoms with E-state index in [4.69, 9.17) is 0 Å². The molecule has 122 valence electrons. The van der Waals surface area contributed by atoms with Crippen LogP contribution in [0, 0.1) is 0 Å². The quantitative estimate of drug-likeness (QED) is 0.884. The number of aryl methyl sites for hydroxylation is 1. The van der Waals surface area contributed by atoms with Crippen molar-refractivity contribution in [2.75, 3.05) is 7.05 Å². The van der Waals surface area contributed by atoms with Gasteiger partial charge in [-0.3, -0.25) is 4.79 Å². The van der Waals surface area contributed by atoms with E-state index in [0.29, 0.717) is 18.5 Å². The first-order valence-electron chi connectivity index (χ1n) is 7.96. The van der Waals surface area contributed by atoms with Gasteiger partial charge in [0.05, 0.1) is 5.60 Å². The number of carbonyl (C=O) groups is 1. The fourth-order valence-electron chi connectivity index (χ4n) is 2.46. The molecule has 0 aliphatic rings. The normalized spacial score (nSPS) is 11.3. The van der Waals surface area contributed by atoms with Gasteiger partial charge in [0.2, 0.25) is 0 Å². The van der Waals surface area contributed by atoms with Gasteiger partial charge in [-0.15, -0.1) is 0 Å². The Hall–Kier alpha value is -2.13. The highest BCUT2D eigenvalue weighted by molar-refractivity contribution is 5.94. The first-order chi connectivity index (χ1) is 10.8. The molecule has 3 heteroatoms. The Morgan fingerprint density at radius 2 is 1.70 bits per heavy atom. The molecule has 0 aliphatic heterocycles. The van der Waals surface area contributed by atoms with Gasteiger partial charge in [0.15, 0.2) is 0 Å². The van der Waals surface area contributed by atoms with E-state index >= 15 is 0 Å². The van der Waals surface area contributed by atoms with Crippen LogP contribution in [-0.4, -0.2) is 28.6 Å². The maximum atomic E-state index is 12.6. The number of carbonyl (C=O) groups excluding carboxylic acids is 1. The van der Waals surface area contributed by atoms with E-state index in [1.54, 1.807) is 18.7 Å². The standard InChI is InChI=1S/C20H25NO2/c1-20(2,23)13-12-16-10-7-11-18(14-16)19(22)21(3)15-17-8-5-4-6-9-17/h4-11,14,23H,12-13,15H2,1-3H3. The molecular formula is C20H25NO2. The monoisotopic (exact) mass is 311 g/mol. The van der Waals surface area contributed by atoms with Crippen LogP contribution in [0.5, 0.6) is 0 Å².